The summed E-state index contributed by atoms with van der Waals surface area (Å²) in [6, 6.07) is 11.4. The molecule has 2 aromatic carbocycles. The Morgan fingerprint density at radius 2 is 1.59 bits per heavy atom. The van der Waals surface area contributed by atoms with Gasteiger partial charge in [-0.1, -0.05) is 42.5 Å². The molecule has 3 amide bonds. The topological polar surface area (TPSA) is 106 Å². The molecule has 12 heteroatoms. The van der Waals surface area contributed by atoms with E-state index in [1.165, 1.54) is 0 Å². The summed E-state index contributed by atoms with van der Waals surface area (Å²) in [5.41, 5.74) is -1.50. The van der Waals surface area contributed by atoms with Crippen molar-refractivity contribution < 1.29 is 41.4 Å². The van der Waals surface area contributed by atoms with Gasteiger partial charge in [-0.15, -0.1) is 0 Å². The first kappa shape index (κ1) is 31.4. The van der Waals surface area contributed by atoms with Crippen LogP contribution in [-0.2, 0) is 27.1 Å². The minimum atomic E-state index is -4.68. The molecule has 0 aliphatic carbocycles. The second-order valence-electron chi connectivity index (χ2n) is 9.68. The summed E-state index contributed by atoms with van der Waals surface area (Å²) in [5, 5.41) is 6.95. The number of rotatable bonds is 11. The Morgan fingerprint density at radius 3 is 2.23 bits per heavy atom. The Labute approximate surface area is 224 Å². The third-order valence-corrected chi connectivity index (χ3v) is 5.18. The van der Waals surface area contributed by atoms with Gasteiger partial charge in [-0.3, -0.25) is 4.79 Å². The van der Waals surface area contributed by atoms with Crippen molar-refractivity contribution in [3.63, 3.8) is 0 Å². The van der Waals surface area contributed by atoms with Crippen molar-refractivity contribution in [2.45, 2.75) is 70.8 Å². The summed E-state index contributed by atoms with van der Waals surface area (Å²) in [6.07, 6.45) is -7.70. The quantitative estimate of drug-likeness (QED) is 0.185. The molecule has 39 heavy (non-hydrogen) atoms. The maximum Gasteiger partial charge on any atom is 0.416 e. The molecule has 2 rings (SSSR count). The molecule has 0 saturated heterocycles. The van der Waals surface area contributed by atoms with Crippen LogP contribution >= 0.6 is 0 Å². The number of unbranched alkanes of at least 4 members (excludes halogenated alkanes) is 1. The van der Waals surface area contributed by atoms with E-state index >= 15 is 0 Å². The number of amides is 3. The Kier molecular flexibility index (Phi) is 11.6. The van der Waals surface area contributed by atoms with E-state index in [4.69, 9.17) is 9.47 Å². The van der Waals surface area contributed by atoms with Crippen LogP contribution in [0.3, 0.4) is 0 Å². The summed E-state index contributed by atoms with van der Waals surface area (Å²) in [7, 11) is 0. The first-order valence-electron chi connectivity index (χ1n) is 12.3. The maximum absolute atomic E-state index is 14.7. The third-order valence-electron chi connectivity index (χ3n) is 5.18. The van der Waals surface area contributed by atoms with Crippen LogP contribution < -0.4 is 16.0 Å². The molecule has 0 radical (unpaired) electrons. The van der Waals surface area contributed by atoms with Gasteiger partial charge in [-0.2, -0.15) is 13.2 Å². The van der Waals surface area contributed by atoms with Crippen LogP contribution in [0.25, 0.3) is 0 Å². The van der Waals surface area contributed by atoms with Gasteiger partial charge in [0.2, 0.25) is 5.91 Å². The summed E-state index contributed by atoms with van der Waals surface area (Å²) in [6.45, 7) is 5.18. The third kappa shape index (κ3) is 12.1. The summed E-state index contributed by atoms with van der Waals surface area (Å²) < 4.78 is 63.9. The van der Waals surface area contributed by atoms with Crippen LogP contribution in [-0.4, -0.2) is 36.3 Å². The summed E-state index contributed by atoms with van der Waals surface area (Å²) in [4.78, 5) is 36.9. The first-order valence-corrected chi connectivity index (χ1v) is 12.3. The van der Waals surface area contributed by atoms with Crippen molar-refractivity contribution in [2.24, 2.45) is 0 Å². The van der Waals surface area contributed by atoms with Crippen LogP contribution in [0.4, 0.5) is 27.2 Å². The number of ether oxygens (including phenoxy) is 2. The minimum Gasteiger partial charge on any atom is -0.445 e. The molecule has 0 saturated carbocycles. The minimum absolute atomic E-state index is 0.0428. The molecular formula is C27H33F4N3O5. The van der Waals surface area contributed by atoms with E-state index in [1.54, 1.807) is 20.8 Å². The van der Waals surface area contributed by atoms with E-state index in [0.717, 1.165) is 23.8 Å². The molecule has 0 spiro atoms. The Bertz CT molecular complexity index is 1090. The number of nitrogens with one attached hydrogen (secondary N) is 3. The van der Waals surface area contributed by atoms with E-state index in [2.05, 4.69) is 10.6 Å². The van der Waals surface area contributed by atoms with Gasteiger partial charge in [0.05, 0.1) is 5.56 Å². The Morgan fingerprint density at radius 1 is 0.897 bits per heavy atom. The molecule has 3 N–H and O–H groups in total. The maximum atomic E-state index is 14.7. The summed E-state index contributed by atoms with van der Waals surface area (Å²) >= 11 is 0. The van der Waals surface area contributed by atoms with Gasteiger partial charge in [-0.25, -0.2) is 14.0 Å². The number of alkyl carbamates (subject to hydrolysis) is 2. The average Bonchev–Trinajstić information content (AvgIpc) is 2.85. The van der Waals surface area contributed by atoms with Gasteiger partial charge in [-0.05, 0) is 57.7 Å². The smallest absolute Gasteiger partial charge is 0.416 e. The van der Waals surface area contributed by atoms with E-state index in [-0.39, 0.29) is 19.6 Å². The number of carbonyl (C=O) groups is 3. The lowest BCUT2D eigenvalue weighted by atomic mass is 10.1. The van der Waals surface area contributed by atoms with Gasteiger partial charge < -0.3 is 25.4 Å². The van der Waals surface area contributed by atoms with Crippen LogP contribution in [0.5, 0.6) is 0 Å². The molecule has 214 valence electrons. The first-order chi connectivity index (χ1) is 18.2. The monoisotopic (exact) mass is 555 g/mol. The molecule has 0 bridgehead atoms. The van der Waals surface area contributed by atoms with Gasteiger partial charge in [0.15, 0.2) is 6.30 Å². The molecule has 0 fully saturated rings. The normalized spacial score (nSPS) is 13.1. The fourth-order valence-corrected chi connectivity index (χ4v) is 3.34. The molecule has 0 aliphatic rings. The lowest BCUT2D eigenvalue weighted by Crippen LogP contribution is -2.48. The molecule has 2 atom stereocenters. The van der Waals surface area contributed by atoms with E-state index in [1.807, 2.05) is 35.6 Å². The zero-order chi connectivity index (χ0) is 29.1. The molecule has 2 unspecified atom stereocenters. The molecule has 0 aromatic heterocycles. The average molecular weight is 556 g/mol. The zero-order valence-corrected chi connectivity index (χ0v) is 21.9. The van der Waals surface area contributed by atoms with Crippen molar-refractivity contribution in [3.05, 3.63) is 71.3 Å². The Balaban J connectivity index is 1.91. The molecule has 2 aromatic rings. The largest absolute Gasteiger partial charge is 0.445 e. The van der Waals surface area contributed by atoms with Crippen molar-refractivity contribution in [1.29, 1.82) is 0 Å². The number of alkyl halides is 4. The van der Waals surface area contributed by atoms with Crippen molar-refractivity contribution in [1.82, 2.24) is 16.0 Å². The van der Waals surface area contributed by atoms with Crippen molar-refractivity contribution in [3.8, 4) is 0 Å². The number of hydrogen-bond donors (Lipinski definition) is 3. The van der Waals surface area contributed by atoms with E-state index in [9.17, 15) is 31.9 Å². The van der Waals surface area contributed by atoms with Crippen LogP contribution in [0.2, 0.25) is 0 Å². The number of carbonyl (C=O) groups excluding carboxylic acids is 3. The van der Waals surface area contributed by atoms with Crippen molar-refractivity contribution >= 4 is 18.1 Å². The highest BCUT2D eigenvalue weighted by atomic mass is 19.4. The summed E-state index contributed by atoms with van der Waals surface area (Å²) in [5.74, 6) is -0.944. The highest BCUT2D eigenvalue weighted by Crippen LogP contribution is 2.31. The SMILES string of the molecule is CC(C)(C)OC(=O)NC(CCCCNC(=O)OCc1ccccc1)C(=O)NC(F)c1cccc(C(F)(F)F)c1. The van der Waals surface area contributed by atoms with Crippen LogP contribution in [0, 0.1) is 0 Å². The van der Waals surface area contributed by atoms with Gasteiger partial charge >= 0.3 is 18.4 Å². The predicted molar refractivity (Wildman–Crippen MR) is 135 cm³/mol. The predicted octanol–water partition coefficient (Wildman–Crippen LogP) is 5.78. The number of benzene rings is 2. The highest BCUT2D eigenvalue weighted by Gasteiger charge is 2.32. The Hall–Kier alpha value is -3.83. The molecular weight excluding hydrogens is 522 g/mol. The van der Waals surface area contributed by atoms with Gasteiger partial charge in [0, 0.05) is 12.1 Å². The fraction of sp³-hybridized carbons (Fsp3) is 0.444. The standard InChI is InChI=1S/C27H33F4N3O5/c1-26(2,3)39-25(37)33-21(14-7-8-15-32-24(36)38-17-18-10-5-4-6-11-18)23(35)34-22(28)19-12-9-13-20(16-19)27(29,30)31/h4-6,9-13,16,21-22H,7-8,14-15,17H2,1-3H3,(H,32,36)(H,33,37)(H,34,35). The number of hydrogen-bond acceptors (Lipinski definition) is 5. The van der Waals surface area contributed by atoms with Crippen LogP contribution in [0.15, 0.2) is 54.6 Å². The van der Waals surface area contributed by atoms with Crippen molar-refractivity contribution in [2.75, 3.05) is 6.54 Å². The highest BCUT2D eigenvalue weighted by molar-refractivity contribution is 5.85. The second kappa shape index (κ2) is 14.4. The van der Waals surface area contributed by atoms with E-state index in [0.29, 0.717) is 18.9 Å². The van der Waals surface area contributed by atoms with Gasteiger partial charge in [0.1, 0.15) is 18.2 Å². The number of halogens is 4. The molecule has 8 nitrogen and oxygen atoms in total. The zero-order valence-electron chi connectivity index (χ0n) is 21.9. The molecule has 0 aliphatic heterocycles. The fourth-order valence-electron chi connectivity index (χ4n) is 3.34. The molecule has 0 heterocycles. The lowest BCUT2D eigenvalue weighted by Gasteiger charge is -2.24. The van der Waals surface area contributed by atoms with Gasteiger partial charge in [0.25, 0.3) is 0 Å². The second-order valence-corrected chi connectivity index (χ2v) is 9.68. The van der Waals surface area contributed by atoms with Crippen LogP contribution in [0.1, 0.15) is 63.0 Å². The van der Waals surface area contributed by atoms with E-state index < -0.39 is 53.3 Å². The lowest BCUT2D eigenvalue weighted by molar-refractivity contribution is -0.137.